The van der Waals surface area contributed by atoms with Gasteiger partial charge in [0.05, 0.1) is 23.6 Å². The van der Waals surface area contributed by atoms with Gasteiger partial charge in [0, 0.05) is 13.6 Å². The standard InChI is InChI=1S/C13H15ClFNO3/c1-3-19-11(17)7-8-16(2)13(18)9-5-4-6-10(14)12(9)15/h4-6H,3,7-8H2,1-2H3. The number of benzene rings is 1. The van der Waals surface area contributed by atoms with E-state index in [2.05, 4.69) is 0 Å². The summed E-state index contributed by atoms with van der Waals surface area (Å²) < 4.78 is 18.4. The van der Waals surface area contributed by atoms with Crippen molar-refractivity contribution in [2.45, 2.75) is 13.3 Å². The maximum absolute atomic E-state index is 13.7. The minimum atomic E-state index is -0.753. The highest BCUT2D eigenvalue weighted by Gasteiger charge is 2.18. The van der Waals surface area contributed by atoms with Crippen LogP contribution < -0.4 is 0 Å². The van der Waals surface area contributed by atoms with Crippen molar-refractivity contribution in [3.8, 4) is 0 Å². The first-order valence-corrected chi connectivity index (χ1v) is 6.20. The molecule has 1 aromatic carbocycles. The molecular formula is C13H15ClFNO3. The molecule has 0 saturated heterocycles. The lowest BCUT2D eigenvalue weighted by molar-refractivity contribution is -0.143. The molecule has 0 heterocycles. The molecular weight excluding hydrogens is 273 g/mol. The second-order valence-electron chi connectivity index (χ2n) is 3.88. The number of hydrogen-bond acceptors (Lipinski definition) is 3. The summed E-state index contributed by atoms with van der Waals surface area (Å²) in [6, 6.07) is 4.22. The normalized spacial score (nSPS) is 10.1. The Hall–Kier alpha value is -1.62. The Kier molecular flexibility index (Phi) is 5.76. The number of esters is 1. The SMILES string of the molecule is CCOC(=O)CCN(C)C(=O)c1cccc(Cl)c1F. The van der Waals surface area contributed by atoms with E-state index >= 15 is 0 Å². The van der Waals surface area contributed by atoms with E-state index in [9.17, 15) is 14.0 Å². The van der Waals surface area contributed by atoms with Crippen molar-refractivity contribution in [1.29, 1.82) is 0 Å². The summed E-state index contributed by atoms with van der Waals surface area (Å²) in [6.07, 6.45) is 0.0677. The van der Waals surface area contributed by atoms with Gasteiger partial charge in [0.15, 0.2) is 5.82 Å². The van der Waals surface area contributed by atoms with Crippen molar-refractivity contribution in [2.24, 2.45) is 0 Å². The van der Waals surface area contributed by atoms with Crippen LogP contribution in [0.3, 0.4) is 0 Å². The number of nitrogens with zero attached hydrogens (tertiary/aromatic N) is 1. The van der Waals surface area contributed by atoms with E-state index in [1.165, 1.54) is 30.1 Å². The average molecular weight is 288 g/mol. The summed E-state index contributed by atoms with van der Waals surface area (Å²) in [5, 5.41) is -0.107. The third-order valence-corrected chi connectivity index (χ3v) is 2.78. The van der Waals surface area contributed by atoms with E-state index in [-0.39, 0.29) is 23.6 Å². The fourth-order valence-corrected chi connectivity index (χ4v) is 1.64. The van der Waals surface area contributed by atoms with Crippen molar-refractivity contribution in [3.63, 3.8) is 0 Å². The van der Waals surface area contributed by atoms with Gasteiger partial charge >= 0.3 is 5.97 Å². The second-order valence-corrected chi connectivity index (χ2v) is 4.29. The molecule has 0 aliphatic rings. The van der Waals surface area contributed by atoms with Crippen LogP contribution in [-0.4, -0.2) is 37.0 Å². The molecule has 0 bridgehead atoms. The van der Waals surface area contributed by atoms with E-state index in [4.69, 9.17) is 16.3 Å². The molecule has 19 heavy (non-hydrogen) atoms. The van der Waals surface area contributed by atoms with Gasteiger partial charge in [-0.15, -0.1) is 0 Å². The molecule has 1 rings (SSSR count). The van der Waals surface area contributed by atoms with Gasteiger partial charge in [-0.05, 0) is 19.1 Å². The molecule has 0 N–H and O–H groups in total. The Morgan fingerprint density at radius 1 is 1.42 bits per heavy atom. The van der Waals surface area contributed by atoms with E-state index < -0.39 is 17.7 Å². The molecule has 0 radical (unpaired) electrons. The zero-order valence-electron chi connectivity index (χ0n) is 10.8. The maximum Gasteiger partial charge on any atom is 0.307 e. The Morgan fingerprint density at radius 3 is 2.74 bits per heavy atom. The highest BCUT2D eigenvalue weighted by atomic mass is 35.5. The lowest BCUT2D eigenvalue weighted by Gasteiger charge is -2.17. The molecule has 0 saturated carbocycles. The first kappa shape index (κ1) is 15.4. The maximum atomic E-state index is 13.7. The quantitative estimate of drug-likeness (QED) is 0.782. The van der Waals surface area contributed by atoms with Gasteiger partial charge in [0.2, 0.25) is 0 Å². The lowest BCUT2D eigenvalue weighted by atomic mass is 10.2. The number of halogens is 2. The lowest BCUT2D eigenvalue weighted by Crippen LogP contribution is -2.30. The zero-order valence-corrected chi connectivity index (χ0v) is 11.5. The number of carbonyl (C=O) groups excluding carboxylic acids is 2. The third-order valence-electron chi connectivity index (χ3n) is 2.49. The summed E-state index contributed by atoms with van der Waals surface area (Å²) in [5.41, 5.74) is -0.112. The summed E-state index contributed by atoms with van der Waals surface area (Å²) in [6.45, 7) is 2.15. The molecule has 4 nitrogen and oxygen atoms in total. The average Bonchev–Trinajstić information content (AvgIpc) is 2.38. The third kappa shape index (κ3) is 4.21. The molecule has 104 valence electrons. The first-order valence-electron chi connectivity index (χ1n) is 5.82. The highest BCUT2D eigenvalue weighted by Crippen LogP contribution is 2.19. The molecule has 0 atom stereocenters. The van der Waals surface area contributed by atoms with Crippen LogP contribution in [0.2, 0.25) is 5.02 Å². The van der Waals surface area contributed by atoms with Crippen LogP contribution in [-0.2, 0) is 9.53 Å². The molecule has 0 aromatic heterocycles. The molecule has 6 heteroatoms. The first-order chi connectivity index (χ1) is 8.97. The van der Waals surface area contributed by atoms with Crippen LogP contribution in [0.5, 0.6) is 0 Å². The molecule has 0 aliphatic carbocycles. The van der Waals surface area contributed by atoms with Gasteiger partial charge in [-0.2, -0.15) is 0 Å². The minimum Gasteiger partial charge on any atom is -0.466 e. The van der Waals surface area contributed by atoms with Crippen LogP contribution in [0.25, 0.3) is 0 Å². The van der Waals surface area contributed by atoms with E-state index in [1.54, 1.807) is 6.92 Å². The predicted octanol–water partition coefficient (Wildman–Crippen LogP) is 2.50. The monoisotopic (exact) mass is 287 g/mol. The van der Waals surface area contributed by atoms with Gasteiger partial charge in [-0.3, -0.25) is 9.59 Å². The summed E-state index contributed by atoms with van der Waals surface area (Å²) in [7, 11) is 1.49. The molecule has 0 spiro atoms. The van der Waals surface area contributed by atoms with Crippen LogP contribution in [0.15, 0.2) is 18.2 Å². The van der Waals surface area contributed by atoms with Gasteiger partial charge in [-0.1, -0.05) is 17.7 Å². The largest absolute Gasteiger partial charge is 0.466 e. The van der Waals surface area contributed by atoms with Crippen LogP contribution >= 0.6 is 11.6 Å². The number of amides is 1. The molecule has 0 fully saturated rings. The summed E-state index contributed by atoms with van der Waals surface area (Å²) in [5.74, 6) is -1.67. The minimum absolute atomic E-state index is 0.0677. The Morgan fingerprint density at radius 2 is 2.11 bits per heavy atom. The van der Waals surface area contributed by atoms with Crippen molar-refractivity contribution in [3.05, 3.63) is 34.6 Å². The van der Waals surface area contributed by atoms with Crippen LogP contribution in [0, 0.1) is 5.82 Å². The fraction of sp³-hybridized carbons (Fsp3) is 0.385. The second kappa shape index (κ2) is 7.09. The summed E-state index contributed by atoms with van der Waals surface area (Å²) in [4.78, 5) is 24.4. The van der Waals surface area contributed by atoms with Crippen molar-refractivity contribution in [1.82, 2.24) is 4.90 Å². The van der Waals surface area contributed by atoms with Gasteiger partial charge in [-0.25, -0.2) is 4.39 Å². The smallest absolute Gasteiger partial charge is 0.307 e. The van der Waals surface area contributed by atoms with Crippen LogP contribution in [0.1, 0.15) is 23.7 Å². The Bertz CT molecular complexity index is 479. The van der Waals surface area contributed by atoms with Crippen molar-refractivity contribution >= 4 is 23.5 Å². The fourth-order valence-electron chi connectivity index (χ4n) is 1.47. The topological polar surface area (TPSA) is 46.6 Å². The number of hydrogen-bond donors (Lipinski definition) is 0. The van der Waals surface area contributed by atoms with Crippen molar-refractivity contribution in [2.75, 3.05) is 20.2 Å². The van der Waals surface area contributed by atoms with Gasteiger partial charge in [0.25, 0.3) is 5.91 Å². The van der Waals surface area contributed by atoms with E-state index in [1.807, 2.05) is 0 Å². The van der Waals surface area contributed by atoms with E-state index in [0.29, 0.717) is 6.61 Å². The molecule has 1 amide bonds. The van der Waals surface area contributed by atoms with E-state index in [0.717, 1.165) is 0 Å². The van der Waals surface area contributed by atoms with Gasteiger partial charge < -0.3 is 9.64 Å². The molecule has 0 unspecified atom stereocenters. The number of rotatable bonds is 5. The molecule has 0 aliphatic heterocycles. The Labute approximate surface area is 116 Å². The number of carbonyl (C=O) groups is 2. The Balaban J connectivity index is 2.67. The highest BCUT2D eigenvalue weighted by molar-refractivity contribution is 6.31. The molecule has 1 aromatic rings. The summed E-state index contributed by atoms with van der Waals surface area (Å²) >= 11 is 5.61. The van der Waals surface area contributed by atoms with Crippen molar-refractivity contribution < 1.29 is 18.7 Å². The predicted molar refractivity (Wildman–Crippen MR) is 69.6 cm³/mol. The number of ether oxygens (including phenoxy) is 1. The van der Waals surface area contributed by atoms with Gasteiger partial charge in [0.1, 0.15) is 0 Å². The zero-order chi connectivity index (χ0) is 14.4. The van der Waals surface area contributed by atoms with Crippen LogP contribution in [0.4, 0.5) is 4.39 Å².